The summed E-state index contributed by atoms with van der Waals surface area (Å²) in [5, 5.41) is 0.957. The predicted molar refractivity (Wildman–Crippen MR) is 200 cm³/mol. The number of esters is 1. The van der Waals surface area contributed by atoms with E-state index in [-0.39, 0.29) is 23.2 Å². The second-order valence-corrected chi connectivity index (χ2v) is 14.8. The SMILES string of the molecule is COC(=O)[C@@H]1CCCN1C(=O)C1(c2ccccc2)CCN(CC[C@]2(c3ccc(Cl)c(Cl)c3)CCN(C(=O)c3cc(OC)c(OC)c(OC)c3)C2)CC1. The van der Waals surface area contributed by atoms with Crippen LogP contribution in [0.15, 0.2) is 60.7 Å². The molecule has 0 radical (unpaired) electrons. The van der Waals surface area contributed by atoms with Crippen LogP contribution in [0.4, 0.5) is 0 Å². The van der Waals surface area contributed by atoms with Crippen LogP contribution in [0.5, 0.6) is 17.2 Å². The van der Waals surface area contributed by atoms with Crippen molar-refractivity contribution >= 4 is 41.0 Å². The van der Waals surface area contributed by atoms with Gasteiger partial charge in [-0.25, -0.2) is 4.79 Å². The van der Waals surface area contributed by atoms with Gasteiger partial charge in [0.05, 0.1) is 43.9 Å². The predicted octanol–water partition coefficient (Wildman–Crippen LogP) is 6.39. The molecule has 0 aromatic heterocycles. The highest BCUT2D eigenvalue weighted by atomic mass is 35.5. The van der Waals surface area contributed by atoms with Gasteiger partial charge in [0, 0.05) is 30.6 Å². The van der Waals surface area contributed by atoms with E-state index >= 15 is 0 Å². The highest BCUT2D eigenvalue weighted by Gasteiger charge is 2.49. The number of halogens is 2. The zero-order chi connectivity index (χ0) is 37.0. The number of amides is 2. The average Bonchev–Trinajstić information content (AvgIpc) is 3.86. The smallest absolute Gasteiger partial charge is 0.328 e. The number of nitrogens with zero attached hydrogens (tertiary/aromatic N) is 3. The molecule has 12 heteroatoms. The van der Waals surface area contributed by atoms with Gasteiger partial charge in [-0.1, -0.05) is 59.6 Å². The number of hydrogen-bond acceptors (Lipinski definition) is 8. The zero-order valence-corrected chi connectivity index (χ0v) is 31.8. The van der Waals surface area contributed by atoms with Crippen LogP contribution in [-0.4, -0.2) is 106 Å². The highest BCUT2D eigenvalue weighted by Crippen LogP contribution is 2.44. The van der Waals surface area contributed by atoms with Crippen molar-refractivity contribution in [1.82, 2.24) is 14.7 Å². The molecule has 0 spiro atoms. The maximum atomic E-state index is 14.5. The maximum Gasteiger partial charge on any atom is 0.328 e. The van der Waals surface area contributed by atoms with E-state index < -0.39 is 11.5 Å². The molecule has 3 aliphatic rings. The van der Waals surface area contributed by atoms with Crippen LogP contribution >= 0.6 is 23.2 Å². The molecule has 2 amide bonds. The van der Waals surface area contributed by atoms with Crippen molar-refractivity contribution < 1.29 is 33.3 Å². The highest BCUT2D eigenvalue weighted by molar-refractivity contribution is 6.42. The van der Waals surface area contributed by atoms with Crippen molar-refractivity contribution in [2.24, 2.45) is 0 Å². The first kappa shape index (κ1) is 37.8. The molecule has 52 heavy (non-hydrogen) atoms. The van der Waals surface area contributed by atoms with Crippen molar-refractivity contribution in [3.8, 4) is 17.2 Å². The van der Waals surface area contributed by atoms with E-state index in [1.807, 2.05) is 53.4 Å². The summed E-state index contributed by atoms with van der Waals surface area (Å²) in [7, 11) is 5.97. The van der Waals surface area contributed by atoms with E-state index in [1.165, 1.54) is 28.4 Å². The molecule has 3 aromatic carbocycles. The van der Waals surface area contributed by atoms with Crippen LogP contribution in [0.2, 0.25) is 10.0 Å². The Morgan fingerprint density at radius 3 is 2.10 bits per heavy atom. The second-order valence-electron chi connectivity index (χ2n) is 14.0. The first-order valence-corrected chi connectivity index (χ1v) is 18.6. The number of methoxy groups -OCH3 is 4. The maximum absolute atomic E-state index is 14.5. The third kappa shape index (κ3) is 7.17. The molecule has 6 rings (SSSR count). The van der Waals surface area contributed by atoms with Crippen LogP contribution in [0.25, 0.3) is 0 Å². The Morgan fingerprint density at radius 1 is 0.788 bits per heavy atom. The van der Waals surface area contributed by atoms with Crippen molar-refractivity contribution in [2.45, 2.75) is 55.4 Å². The Bertz CT molecular complexity index is 1760. The number of likely N-dealkylation sites (tertiary alicyclic amines) is 3. The molecule has 3 aromatic rings. The fraction of sp³-hybridized carbons (Fsp3) is 0.475. The van der Waals surface area contributed by atoms with Gasteiger partial charge in [-0.05, 0) is 93.6 Å². The molecule has 3 saturated heterocycles. The van der Waals surface area contributed by atoms with Gasteiger partial charge in [0.1, 0.15) is 6.04 Å². The van der Waals surface area contributed by atoms with Gasteiger partial charge in [0.15, 0.2) is 11.5 Å². The van der Waals surface area contributed by atoms with Crippen molar-refractivity contribution in [3.05, 3.63) is 87.4 Å². The van der Waals surface area contributed by atoms with Gasteiger partial charge in [0.2, 0.25) is 11.7 Å². The lowest BCUT2D eigenvalue weighted by Crippen LogP contribution is -2.55. The molecule has 0 bridgehead atoms. The molecule has 3 heterocycles. The molecule has 10 nitrogen and oxygen atoms in total. The van der Waals surface area contributed by atoms with Gasteiger partial charge in [0.25, 0.3) is 5.91 Å². The number of carbonyl (C=O) groups is 3. The van der Waals surface area contributed by atoms with Gasteiger partial charge in [-0.15, -0.1) is 0 Å². The lowest BCUT2D eigenvalue weighted by molar-refractivity contribution is -0.154. The van der Waals surface area contributed by atoms with E-state index in [1.54, 1.807) is 17.0 Å². The average molecular weight is 753 g/mol. The van der Waals surface area contributed by atoms with E-state index in [4.69, 9.17) is 42.1 Å². The quantitative estimate of drug-likeness (QED) is 0.208. The van der Waals surface area contributed by atoms with Crippen LogP contribution in [-0.2, 0) is 25.2 Å². The zero-order valence-electron chi connectivity index (χ0n) is 30.3. The molecular formula is C40H47Cl2N3O7. The first-order valence-electron chi connectivity index (χ1n) is 17.8. The summed E-state index contributed by atoms with van der Waals surface area (Å²) in [4.78, 5) is 47.2. The molecule has 0 unspecified atom stereocenters. The number of hydrogen-bond donors (Lipinski definition) is 0. The first-order chi connectivity index (χ1) is 25.1. The topological polar surface area (TPSA) is 97.9 Å². The van der Waals surface area contributed by atoms with Crippen LogP contribution < -0.4 is 14.2 Å². The molecule has 278 valence electrons. The summed E-state index contributed by atoms with van der Waals surface area (Å²) in [6.45, 7) is 3.78. The van der Waals surface area contributed by atoms with E-state index in [0.717, 1.165) is 36.9 Å². The molecule has 3 aliphatic heterocycles. The summed E-state index contributed by atoms with van der Waals surface area (Å²) < 4.78 is 21.6. The number of rotatable bonds is 11. The Hall–Kier alpha value is -3.99. The summed E-state index contributed by atoms with van der Waals surface area (Å²) in [5.74, 6) is 0.791. The van der Waals surface area contributed by atoms with E-state index in [0.29, 0.717) is 84.8 Å². The normalized spacial score (nSPS) is 21.5. The fourth-order valence-electron chi connectivity index (χ4n) is 8.42. The lowest BCUT2D eigenvalue weighted by Gasteiger charge is -2.44. The molecular weight excluding hydrogens is 705 g/mol. The van der Waals surface area contributed by atoms with Gasteiger partial charge in [-0.3, -0.25) is 9.59 Å². The van der Waals surface area contributed by atoms with Crippen LogP contribution in [0, 0.1) is 0 Å². The van der Waals surface area contributed by atoms with Gasteiger partial charge < -0.3 is 33.6 Å². The monoisotopic (exact) mass is 751 g/mol. The summed E-state index contributed by atoms with van der Waals surface area (Å²) >= 11 is 12.9. The third-order valence-electron chi connectivity index (χ3n) is 11.4. The number of benzene rings is 3. The van der Waals surface area contributed by atoms with Crippen molar-refractivity contribution in [3.63, 3.8) is 0 Å². The Kier molecular flexibility index (Phi) is 11.6. The number of carbonyl (C=O) groups excluding carboxylic acids is 3. The number of piperidine rings is 1. The lowest BCUT2D eigenvalue weighted by atomic mass is 9.71. The van der Waals surface area contributed by atoms with Crippen LogP contribution in [0.1, 0.15) is 60.0 Å². The Balaban J connectivity index is 1.22. The number of ether oxygens (including phenoxy) is 4. The molecule has 0 saturated carbocycles. The fourth-order valence-corrected chi connectivity index (χ4v) is 8.72. The minimum Gasteiger partial charge on any atom is -0.493 e. The summed E-state index contributed by atoms with van der Waals surface area (Å²) in [6, 6.07) is 18.6. The Labute approximate surface area is 315 Å². The van der Waals surface area contributed by atoms with Crippen molar-refractivity contribution in [1.29, 1.82) is 0 Å². The third-order valence-corrected chi connectivity index (χ3v) is 12.2. The van der Waals surface area contributed by atoms with E-state index in [9.17, 15) is 14.4 Å². The molecule has 0 N–H and O–H groups in total. The molecule has 3 fully saturated rings. The largest absolute Gasteiger partial charge is 0.493 e. The summed E-state index contributed by atoms with van der Waals surface area (Å²) in [6.07, 6.45) is 4.17. The summed E-state index contributed by atoms with van der Waals surface area (Å²) in [5.41, 5.74) is 1.37. The van der Waals surface area contributed by atoms with E-state index in [2.05, 4.69) is 4.90 Å². The van der Waals surface area contributed by atoms with Gasteiger partial charge >= 0.3 is 5.97 Å². The second kappa shape index (κ2) is 15.9. The van der Waals surface area contributed by atoms with Gasteiger partial charge in [-0.2, -0.15) is 0 Å². The standard InChI is InChI=1S/C40H47Cl2N3O7/c1-49-33-23-27(24-34(50-2)35(33)51-3)36(46)44-22-15-39(26-44,29-12-13-30(41)31(42)25-29)14-19-43-20-16-40(17-21-43,28-9-6-5-7-10-28)38(48)45-18-8-11-32(45)37(47)52-4/h5-7,9-10,12-13,23-25,32H,8,11,14-22,26H2,1-4H3/t32-,39-/m0/s1. The molecule has 0 aliphatic carbocycles. The van der Waals surface area contributed by atoms with Crippen LogP contribution in [0.3, 0.4) is 0 Å². The van der Waals surface area contributed by atoms with Crippen molar-refractivity contribution in [2.75, 3.05) is 67.7 Å². The molecule has 2 atom stereocenters. The minimum atomic E-state index is -0.729. The Morgan fingerprint density at radius 2 is 1.48 bits per heavy atom. The minimum absolute atomic E-state index is 0.00951.